The minimum absolute atomic E-state index is 0.0557. The van der Waals surface area contributed by atoms with Crippen LogP contribution in [0.15, 0.2) is 35.2 Å². The summed E-state index contributed by atoms with van der Waals surface area (Å²) in [6, 6.07) is 8.00. The van der Waals surface area contributed by atoms with Gasteiger partial charge in [0, 0.05) is 6.61 Å². The molecule has 0 saturated heterocycles. The van der Waals surface area contributed by atoms with Crippen LogP contribution >= 0.6 is 0 Å². The lowest BCUT2D eigenvalue weighted by Crippen LogP contribution is -2.15. The molecule has 1 aromatic carbocycles. The molecule has 14 heteroatoms. The van der Waals surface area contributed by atoms with Gasteiger partial charge in [-0.3, -0.25) is 4.18 Å². The van der Waals surface area contributed by atoms with Gasteiger partial charge in [-0.15, -0.1) is 0 Å². The van der Waals surface area contributed by atoms with E-state index in [0.717, 1.165) is 13.0 Å². The van der Waals surface area contributed by atoms with Crippen LogP contribution in [-0.2, 0) is 61.7 Å². The van der Waals surface area contributed by atoms with Gasteiger partial charge in [-0.1, -0.05) is 109 Å². The molecule has 0 bridgehead atoms. The molecule has 0 fully saturated rings. The van der Waals surface area contributed by atoms with Gasteiger partial charge in [-0.25, -0.2) is 0 Å². The summed E-state index contributed by atoms with van der Waals surface area (Å²) >= 11 is 0. The van der Waals surface area contributed by atoms with E-state index in [1.165, 1.54) is 95.6 Å². The van der Waals surface area contributed by atoms with Crippen LogP contribution in [0.2, 0.25) is 0 Å². The summed E-state index contributed by atoms with van der Waals surface area (Å²) in [6.45, 7) is 12.1. The van der Waals surface area contributed by atoms with Crippen molar-refractivity contribution in [3.05, 3.63) is 30.3 Å². The molecule has 0 aliphatic carbocycles. The van der Waals surface area contributed by atoms with E-state index < -0.39 is 10.1 Å². The van der Waals surface area contributed by atoms with E-state index in [1.54, 1.807) is 18.2 Å². The first-order chi connectivity index (χ1) is 27.7. The van der Waals surface area contributed by atoms with Crippen molar-refractivity contribution in [2.24, 2.45) is 0 Å². The van der Waals surface area contributed by atoms with E-state index >= 15 is 0 Å². The Hall–Kier alpha value is -1.27. The smallest absolute Gasteiger partial charge is 0.297 e. The zero-order chi connectivity index (χ0) is 40.1. The largest absolute Gasteiger partial charge is 0.379 e. The lowest BCUT2D eigenvalue weighted by Gasteiger charge is -2.09. The highest BCUT2D eigenvalue weighted by molar-refractivity contribution is 7.86. The summed E-state index contributed by atoms with van der Waals surface area (Å²) in [7, 11) is -3.76. The van der Waals surface area contributed by atoms with Gasteiger partial charge < -0.3 is 47.4 Å². The molecular formula is C42H78O13S. The number of hydrogen-bond donors (Lipinski definition) is 0. The van der Waals surface area contributed by atoms with Crippen LogP contribution in [0.25, 0.3) is 0 Å². The Kier molecular flexibility index (Phi) is 40.8. The fourth-order valence-corrected chi connectivity index (χ4v) is 6.25. The van der Waals surface area contributed by atoms with E-state index in [4.69, 9.17) is 51.6 Å². The second-order valence-electron chi connectivity index (χ2n) is 13.3. The maximum atomic E-state index is 12.0. The molecule has 0 unspecified atom stereocenters. The minimum atomic E-state index is -3.76. The Balaban J connectivity index is 1.63. The van der Waals surface area contributed by atoms with Crippen molar-refractivity contribution in [3.63, 3.8) is 0 Å². The van der Waals surface area contributed by atoms with Crippen LogP contribution in [0, 0.1) is 0 Å². The molecule has 13 nitrogen and oxygen atoms in total. The molecule has 0 aromatic heterocycles. The summed E-state index contributed by atoms with van der Waals surface area (Å²) in [5.74, 6) is 0. The first-order valence-corrected chi connectivity index (χ1v) is 22.8. The lowest BCUT2D eigenvalue weighted by molar-refractivity contribution is -0.0267. The van der Waals surface area contributed by atoms with Crippen molar-refractivity contribution in [2.45, 2.75) is 102 Å². The fraction of sp³-hybridized carbons (Fsp3) is 0.857. The Labute approximate surface area is 340 Å². The third-order valence-corrected chi connectivity index (χ3v) is 9.81. The molecule has 0 N–H and O–H groups in total. The van der Waals surface area contributed by atoms with Crippen molar-refractivity contribution in [3.8, 4) is 0 Å². The normalized spacial score (nSPS) is 11.9. The van der Waals surface area contributed by atoms with Gasteiger partial charge in [0.2, 0.25) is 0 Å². The molecule has 0 amide bonds. The van der Waals surface area contributed by atoms with Crippen LogP contribution in [0.4, 0.5) is 0 Å². The predicted octanol–water partition coefficient (Wildman–Crippen LogP) is 7.04. The van der Waals surface area contributed by atoms with Crippen molar-refractivity contribution in [2.75, 3.05) is 139 Å². The number of benzene rings is 1. The van der Waals surface area contributed by atoms with Crippen LogP contribution in [0.3, 0.4) is 0 Å². The van der Waals surface area contributed by atoms with E-state index in [9.17, 15) is 8.42 Å². The van der Waals surface area contributed by atoms with Gasteiger partial charge in [-0.05, 0) is 18.6 Å². The van der Waals surface area contributed by atoms with Crippen molar-refractivity contribution < 1.29 is 60.0 Å². The van der Waals surface area contributed by atoms with Crippen LogP contribution in [-0.4, -0.2) is 147 Å². The van der Waals surface area contributed by atoms with Gasteiger partial charge in [0.1, 0.15) is 0 Å². The van der Waals surface area contributed by atoms with Crippen LogP contribution < -0.4 is 0 Å². The van der Waals surface area contributed by atoms with E-state index in [-0.39, 0.29) is 18.1 Å². The van der Waals surface area contributed by atoms with Gasteiger partial charge in [0.05, 0.1) is 137 Å². The van der Waals surface area contributed by atoms with Gasteiger partial charge >= 0.3 is 0 Å². The van der Waals surface area contributed by atoms with Crippen molar-refractivity contribution in [1.82, 2.24) is 0 Å². The number of rotatable bonds is 47. The molecule has 0 aliphatic rings. The summed E-state index contributed by atoms with van der Waals surface area (Å²) in [5.41, 5.74) is 0. The Bertz CT molecular complexity index is 1000. The standard InChI is InChI=1S/C42H78O13S/c1-2-3-4-5-6-7-8-9-10-11-12-13-14-18-21-45-22-23-46-24-25-47-26-27-48-28-29-49-30-31-50-32-33-51-34-35-52-36-37-53-38-39-54-40-41-55-56(43,44)42-19-16-15-17-20-42/h15-17,19-20H,2-14,18,21-41H2,1H3. The topological polar surface area (TPSA) is 136 Å². The van der Waals surface area contributed by atoms with E-state index in [1.807, 2.05) is 0 Å². The lowest BCUT2D eigenvalue weighted by atomic mass is 10.0. The molecular weight excluding hydrogens is 745 g/mol. The highest BCUT2D eigenvalue weighted by Gasteiger charge is 2.13. The quantitative estimate of drug-likeness (QED) is 0.0492. The second kappa shape index (κ2) is 43.3. The van der Waals surface area contributed by atoms with Gasteiger partial charge in [-0.2, -0.15) is 8.42 Å². The zero-order valence-electron chi connectivity index (χ0n) is 34.9. The number of ether oxygens (including phenoxy) is 10. The first-order valence-electron chi connectivity index (χ1n) is 21.4. The molecule has 0 aliphatic heterocycles. The van der Waals surface area contributed by atoms with Crippen LogP contribution in [0.1, 0.15) is 96.8 Å². The molecule has 0 radical (unpaired) electrons. The van der Waals surface area contributed by atoms with Crippen molar-refractivity contribution in [1.29, 1.82) is 0 Å². The highest BCUT2D eigenvalue weighted by atomic mass is 32.2. The third-order valence-electron chi connectivity index (χ3n) is 8.49. The van der Waals surface area contributed by atoms with Gasteiger partial charge in [0.15, 0.2) is 0 Å². The average Bonchev–Trinajstić information content (AvgIpc) is 3.21. The SMILES string of the molecule is CCCCCCCCCCCCCCCCOCCOCCOCCOCCOCCOCCOCCOCCOCCOCCOS(=O)(=O)c1ccccc1. The summed E-state index contributed by atoms with van der Waals surface area (Å²) in [5, 5.41) is 0. The van der Waals surface area contributed by atoms with Crippen molar-refractivity contribution >= 4 is 10.1 Å². The Morgan fingerprint density at radius 2 is 0.571 bits per heavy atom. The number of unbranched alkanes of at least 4 members (excludes halogenated alkanes) is 13. The average molecular weight is 823 g/mol. The monoisotopic (exact) mass is 823 g/mol. The zero-order valence-corrected chi connectivity index (χ0v) is 35.7. The Morgan fingerprint density at radius 1 is 0.321 bits per heavy atom. The minimum Gasteiger partial charge on any atom is -0.379 e. The highest BCUT2D eigenvalue weighted by Crippen LogP contribution is 2.13. The molecule has 1 aromatic rings. The molecule has 0 spiro atoms. The predicted molar refractivity (Wildman–Crippen MR) is 218 cm³/mol. The summed E-state index contributed by atoms with van der Waals surface area (Å²) in [6.07, 6.45) is 19.2. The number of hydrogen-bond acceptors (Lipinski definition) is 13. The summed E-state index contributed by atoms with van der Waals surface area (Å²) in [4.78, 5) is 0.123. The molecule has 0 atom stereocenters. The molecule has 1 rings (SSSR count). The maximum Gasteiger partial charge on any atom is 0.297 e. The first kappa shape index (κ1) is 52.7. The second-order valence-corrected chi connectivity index (χ2v) is 14.9. The summed E-state index contributed by atoms with van der Waals surface area (Å²) < 4.78 is 83.9. The fourth-order valence-electron chi connectivity index (χ4n) is 5.34. The Morgan fingerprint density at radius 3 is 0.875 bits per heavy atom. The van der Waals surface area contributed by atoms with E-state index in [2.05, 4.69) is 6.92 Å². The maximum absolute atomic E-state index is 12.0. The third kappa shape index (κ3) is 38.3. The van der Waals surface area contributed by atoms with Crippen LogP contribution in [0.5, 0.6) is 0 Å². The molecule has 56 heavy (non-hydrogen) atoms. The molecule has 0 saturated carbocycles. The van der Waals surface area contributed by atoms with Gasteiger partial charge in [0.25, 0.3) is 10.1 Å². The molecule has 0 heterocycles. The molecule has 330 valence electrons. The van der Waals surface area contributed by atoms with E-state index in [0.29, 0.717) is 119 Å².